The van der Waals surface area contributed by atoms with Gasteiger partial charge in [-0.15, -0.1) is 0 Å². The summed E-state index contributed by atoms with van der Waals surface area (Å²) in [5, 5.41) is 2.34. The second kappa shape index (κ2) is 9.06. The second-order valence-corrected chi connectivity index (χ2v) is 6.71. The van der Waals surface area contributed by atoms with Crippen molar-refractivity contribution in [1.82, 2.24) is 9.80 Å². The number of carbonyl (C=O) groups excluding carboxylic acids is 2. The highest BCUT2D eigenvalue weighted by molar-refractivity contribution is 5.94. The molecule has 1 aliphatic rings. The predicted molar refractivity (Wildman–Crippen MR) is 106 cm³/mol. The second-order valence-electron chi connectivity index (χ2n) is 6.71. The number of carbonyl (C=O) groups is 2. The van der Waals surface area contributed by atoms with E-state index in [2.05, 4.69) is 5.32 Å². The van der Waals surface area contributed by atoms with E-state index >= 15 is 0 Å². The zero-order chi connectivity index (χ0) is 21.7. The number of hydrogen-bond donors (Lipinski definition) is 1. The number of nitrogens with zero attached hydrogens (tertiary/aromatic N) is 2. The van der Waals surface area contributed by atoms with E-state index in [0.717, 1.165) is 6.07 Å². The SMILES string of the molecule is CCOc1ccc(NC(=O)N2CCN(C(=O)c3ccccc3)CC2)c(C(F)(F)F)c1. The standard InChI is InChI=1S/C21H22F3N3O3/c1-2-30-16-8-9-18(17(14-16)21(22,23)24)25-20(29)27-12-10-26(11-13-27)19(28)15-6-4-3-5-7-15/h3-9,14H,2,10-13H2,1H3,(H,25,29). The molecular formula is C21H22F3N3O3. The molecule has 0 saturated carbocycles. The summed E-state index contributed by atoms with van der Waals surface area (Å²) in [6.45, 7) is 2.96. The molecule has 1 N–H and O–H groups in total. The lowest BCUT2D eigenvalue weighted by Gasteiger charge is -2.35. The molecule has 2 aromatic rings. The van der Waals surface area contributed by atoms with E-state index in [-0.39, 0.29) is 37.0 Å². The smallest absolute Gasteiger partial charge is 0.418 e. The van der Waals surface area contributed by atoms with Gasteiger partial charge in [0.25, 0.3) is 5.91 Å². The van der Waals surface area contributed by atoms with Crippen LogP contribution in [0.1, 0.15) is 22.8 Å². The van der Waals surface area contributed by atoms with E-state index in [4.69, 9.17) is 4.74 Å². The minimum atomic E-state index is -4.64. The van der Waals surface area contributed by atoms with E-state index in [1.54, 1.807) is 36.1 Å². The Bertz CT molecular complexity index is 895. The largest absolute Gasteiger partial charge is 0.494 e. The molecule has 2 aromatic carbocycles. The highest BCUT2D eigenvalue weighted by Crippen LogP contribution is 2.37. The van der Waals surface area contributed by atoms with Gasteiger partial charge in [-0.2, -0.15) is 13.2 Å². The zero-order valence-electron chi connectivity index (χ0n) is 16.4. The van der Waals surface area contributed by atoms with Crippen molar-refractivity contribution in [2.24, 2.45) is 0 Å². The summed E-state index contributed by atoms with van der Waals surface area (Å²) in [6.07, 6.45) is -4.64. The Hall–Kier alpha value is -3.23. The van der Waals surface area contributed by atoms with Crippen LogP contribution in [0.5, 0.6) is 5.75 Å². The van der Waals surface area contributed by atoms with Crippen molar-refractivity contribution in [3.8, 4) is 5.75 Å². The molecule has 3 amide bonds. The molecule has 0 atom stereocenters. The third kappa shape index (κ3) is 5.03. The van der Waals surface area contributed by atoms with Crippen LogP contribution >= 0.6 is 0 Å². The highest BCUT2D eigenvalue weighted by Gasteiger charge is 2.35. The fourth-order valence-electron chi connectivity index (χ4n) is 3.19. The fourth-order valence-corrected chi connectivity index (χ4v) is 3.19. The normalized spacial score (nSPS) is 14.4. The molecule has 0 bridgehead atoms. The number of benzene rings is 2. The third-order valence-corrected chi connectivity index (χ3v) is 4.72. The Morgan fingerprint density at radius 1 is 1.00 bits per heavy atom. The van der Waals surface area contributed by atoms with E-state index < -0.39 is 17.8 Å². The molecule has 3 rings (SSSR count). The number of nitrogens with one attached hydrogen (secondary N) is 1. The molecule has 160 valence electrons. The first-order valence-corrected chi connectivity index (χ1v) is 9.54. The topological polar surface area (TPSA) is 61.9 Å². The fraction of sp³-hybridized carbons (Fsp3) is 0.333. The average molecular weight is 421 g/mol. The number of piperazine rings is 1. The maximum Gasteiger partial charge on any atom is 0.418 e. The van der Waals surface area contributed by atoms with Gasteiger partial charge >= 0.3 is 12.2 Å². The van der Waals surface area contributed by atoms with Gasteiger partial charge in [-0.3, -0.25) is 4.79 Å². The van der Waals surface area contributed by atoms with Crippen LogP contribution in [0, 0.1) is 0 Å². The average Bonchev–Trinajstić information content (AvgIpc) is 2.74. The van der Waals surface area contributed by atoms with Crippen molar-refractivity contribution in [1.29, 1.82) is 0 Å². The lowest BCUT2D eigenvalue weighted by molar-refractivity contribution is -0.137. The molecular weight excluding hydrogens is 399 g/mol. The maximum atomic E-state index is 13.4. The summed E-state index contributed by atoms with van der Waals surface area (Å²) in [6, 6.07) is 11.6. The van der Waals surface area contributed by atoms with Crippen molar-refractivity contribution >= 4 is 17.6 Å². The Kier molecular flexibility index (Phi) is 6.49. The number of halogens is 3. The van der Waals surface area contributed by atoms with Gasteiger partial charge in [0, 0.05) is 31.7 Å². The van der Waals surface area contributed by atoms with Crippen LogP contribution in [0.3, 0.4) is 0 Å². The maximum absolute atomic E-state index is 13.4. The van der Waals surface area contributed by atoms with E-state index in [0.29, 0.717) is 18.7 Å². The Balaban J connectivity index is 1.64. The highest BCUT2D eigenvalue weighted by atomic mass is 19.4. The minimum Gasteiger partial charge on any atom is -0.494 e. The van der Waals surface area contributed by atoms with Crippen molar-refractivity contribution in [2.75, 3.05) is 38.1 Å². The van der Waals surface area contributed by atoms with Gasteiger partial charge in [0.1, 0.15) is 5.75 Å². The number of hydrogen-bond acceptors (Lipinski definition) is 3. The Labute approximate surface area is 172 Å². The van der Waals surface area contributed by atoms with Crippen LogP contribution in [-0.2, 0) is 6.18 Å². The number of anilines is 1. The molecule has 0 aliphatic carbocycles. The van der Waals surface area contributed by atoms with Gasteiger partial charge in [0.2, 0.25) is 0 Å². The lowest BCUT2D eigenvalue weighted by Crippen LogP contribution is -2.51. The van der Waals surface area contributed by atoms with Crippen LogP contribution in [0.2, 0.25) is 0 Å². The summed E-state index contributed by atoms with van der Waals surface area (Å²) < 4.78 is 45.3. The van der Waals surface area contributed by atoms with Crippen molar-refractivity contribution in [2.45, 2.75) is 13.1 Å². The number of alkyl halides is 3. The number of amides is 3. The summed E-state index contributed by atoms with van der Waals surface area (Å²) in [7, 11) is 0. The molecule has 1 fully saturated rings. The summed E-state index contributed by atoms with van der Waals surface area (Å²) in [5.74, 6) is -0.0580. The molecule has 30 heavy (non-hydrogen) atoms. The molecule has 9 heteroatoms. The monoisotopic (exact) mass is 421 g/mol. The quantitative estimate of drug-likeness (QED) is 0.809. The van der Waals surface area contributed by atoms with Crippen LogP contribution in [0.4, 0.5) is 23.7 Å². The van der Waals surface area contributed by atoms with Crippen LogP contribution < -0.4 is 10.1 Å². The van der Waals surface area contributed by atoms with E-state index in [1.165, 1.54) is 17.0 Å². The lowest BCUT2D eigenvalue weighted by atomic mass is 10.1. The van der Waals surface area contributed by atoms with Crippen LogP contribution in [-0.4, -0.2) is 54.5 Å². The molecule has 1 heterocycles. The number of rotatable bonds is 4. The van der Waals surface area contributed by atoms with Gasteiger partial charge in [-0.25, -0.2) is 4.79 Å². The first-order valence-electron chi connectivity index (χ1n) is 9.54. The summed E-state index contributed by atoms with van der Waals surface area (Å²) in [4.78, 5) is 28.0. The first-order chi connectivity index (χ1) is 14.3. The van der Waals surface area contributed by atoms with Gasteiger partial charge in [0.15, 0.2) is 0 Å². The Morgan fingerprint density at radius 3 is 2.23 bits per heavy atom. The molecule has 6 nitrogen and oxygen atoms in total. The number of ether oxygens (including phenoxy) is 1. The van der Waals surface area contributed by atoms with Crippen molar-refractivity contribution in [3.05, 3.63) is 59.7 Å². The molecule has 1 aliphatic heterocycles. The predicted octanol–water partition coefficient (Wildman–Crippen LogP) is 4.09. The van der Waals surface area contributed by atoms with Gasteiger partial charge < -0.3 is 19.9 Å². The minimum absolute atomic E-state index is 0.0795. The molecule has 0 spiro atoms. The zero-order valence-corrected chi connectivity index (χ0v) is 16.4. The van der Waals surface area contributed by atoms with E-state index in [9.17, 15) is 22.8 Å². The Morgan fingerprint density at radius 2 is 1.63 bits per heavy atom. The molecule has 0 unspecified atom stereocenters. The molecule has 1 saturated heterocycles. The van der Waals surface area contributed by atoms with Gasteiger partial charge in [0.05, 0.1) is 17.9 Å². The van der Waals surface area contributed by atoms with Crippen LogP contribution in [0.25, 0.3) is 0 Å². The molecule has 0 aromatic heterocycles. The van der Waals surface area contributed by atoms with E-state index in [1.807, 2.05) is 6.07 Å². The van der Waals surface area contributed by atoms with Crippen molar-refractivity contribution in [3.63, 3.8) is 0 Å². The number of urea groups is 1. The van der Waals surface area contributed by atoms with Crippen LogP contribution in [0.15, 0.2) is 48.5 Å². The van der Waals surface area contributed by atoms with Gasteiger partial charge in [-0.1, -0.05) is 18.2 Å². The van der Waals surface area contributed by atoms with Crippen molar-refractivity contribution < 1.29 is 27.5 Å². The van der Waals surface area contributed by atoms with Gasteiger partial charge in [-0.05, 0) is 37.3 Å². The first kappa shape index (κ1) is 21.5. The molecule has 0 radical (unpaired) electrons. The summed E-state index contributed by atoms with van der Waals surface area (Å²) in [5.41, 5.74) is -0.752. The summed E-state index contributed by atoms with van der Waals surface area (Å²) >= 11 is 0. The third-order valence-electron chi connectivity index (χ3n) is 4.72.